The molecule has 0 fully saturated rings. The first-order valence-corrected chi connectivity index (χ1v) is 12.5. The van der Waals surface area contributed by atoms with E-state index < -0.39 is 0 Å². The lowest BCUT2D eigenvalue weighted by Gasteiger charge is -2.11. The minimum atomic E-state index is 0.179. The van der Waals surface area contributed by atoms with Crippen molar-refractivity contribution in [2.75, 3.05) is 10.6 Å². The number of para-hydroxylation sites is 2. The lowest BCUT2D eigenvalue weighted by Crippen LogP contribution is -2.22. The highest BCUT2D eigenvalue weighted by molar-refractivity contribution is 7.14. The zero-order chi connectivity index (χ0) is 24.9. The number of halogens is 2. The minimum Gasteiger partial charge on any atom is -0.369 e. The van der Waals surface area contributed by atoms with Gasteiger partial charge in [-0.25, -0.2) is 4.98 Å². The van der Waals surface area contributed by atoms with Crippen molar-refractivity contribution in [1.29, 1.82) is 0 Å². The highest BCUT2D eigenvalue weighted by atomic mass is 35.5. The van der Waals surface area contributed by atoms with Crippen LogP contribution in [0.15, 0.2) is 95.3 Å². The van der Waals surface area contributed by atoms with Crippen LogP contribution in [0.25, 0.3) is 22.5 Å². The molecule has 3 aromatic carbocycles. The molecule has 5 aromatic rings. The summed E-state index contributed by atoms with van der Waals surface area (Å²) in [5.41, 5.74) is 11.0. The van der Waals surface area contributed by atoms with Crippen molar-refractivity contribution in [1.82, 2.24) is 15.2 Å². The monoisotopic (exact) mass is 531 g/mol. The van der Waals surface area contributed by atoms with Crippen LogP contribution in [-0.2, 0) is 0 Å². The molecule has 0 saturated heterocycles. The molecule has 2 aromatic heterocycles. The Bertz CT molecular complexity index is 1520. The van der Waals surface area contributed by atoms with E-state index in [1.54, 1.807) is 18.2 Å². The number of nitrogens with one attached hydrogen (secondary N) is 2. The number of thiazole rings is 1. The molecule has 0 saturated carbocycles. The van der Waals surface area contributed by atoms with E-state index in [9.17, 15) is 0 Å². The van der Waals surface area contributed by atoms with Gasteiger partial charge >= 0.3 is 0 Å². The minimum absolute atomic E-state index is 0.179. The Morgan fingerprint density at radius 1 is 0.833 bits per heavy atom. The van der Waals surface area contributed by atoms with Gasteiger partial charge in [0.2, 0.25) is 0 Å². The molecule has 5 rings (SSSR count). The van der Waals surface area contributed by atoms with Gasteiger partial charge < -0.3 is 16.4 Å². The van der Waals surface area contributed by atoms with E-state index in [1.165, 1.54) is 11.3 Å². The normalized spacial score (nSPS) is 11.3. The third-order valence-electron chi connectivity index (χ3n) is 5.10. The molecule has 2 heterocycles. The Labute approximate surface area is 221 Å². The van der Waals surface area contributed by atoms with Crippen molar-refractivity contribution in [3.8, 4) is 22.5 Å². The molecule has 0 bridgehead atoms. The Balaban J connectivity index is 1.30. The van der Waals surface area contributed by atoms with Crippen LogP contribution >= 0.6 is 34.5 Å². The summed E-state index contributed by atoms with van der Waals surface area (Å²) in [5.74, 6) is 0.577. The molecule has 36 heavy (non-hydrogen) atoms. The van der Waals surface area contributed by atoms with E-state index in [2.05, 4.69) is 30.8 Å². The molecule has 0 aliphatic rings. The summed E-state index contributed by atoms with van der Waals surface area (Å²) in [6.45, 7) is 0. The molecular weight excluding hydrogens is 513 g/mol. The fraction of sp³-hybridized carbons (Fsp3) is 0. The van der Waals surface area contributed by atoms with Crippen LogP contribution < -0.4 is 16.4 Å². The Kier molecular flexibility index (Phi) is 7.08. The van der Waals surface area contributed by atoms with Crippen molar-refractivity contribution in [3.05, 3.63) is 100 Å². The summed E-state index contributed by atoms with van der Waals surface area (Å²) in [6.07, 6.45) is 0. The molecule has 7 nitrogen and oxygen atoms in total. The van der Waals surface area contributed by atoms with Gasteiger partial charge in [-0.15, -0.1) is 21.5 Å². The molecule has 178 valence electrons. The maximum Gasteiger partial charge on any atom is 0.199 e. The topological polar surface area (TPSA) is 101 Å². The standard InChI is InChI=1S/C26H19Cl2N7S/c27-17-10-11-18(19(28)14-17)23-15-36-26(32-23)31-22-9-5-4-8-21(22)30-25(29)33-24-13-12-20(34-35-24)16-6-2-1-3-7-16/h1-15H,(H,31,32)(H3,29,30,33,35). The lowest BCUT2D eigenvalue weighted by molar-refractivity contribution is 1.03. The summed E-state index contributed by atoms with van der Waals surface area (Å²) in [6, 6.07) is 26.4. The highest BCUT2D eigenvalue weighted by Gasteiger charge is 2.11. The summed E-state index contributed by atoms with van der Waals surface area (Å²) >= 11 is 13.8. The van der Waals surface area contributed by atoms with Crippen LogP contribution in [0.1, 0.15) is 0 Å². The highest BCUT2D eigenvalue weighted by Crippen LogP contribution is 2.34. The number of rotatable bonds is 6. The van der Waals surface area contributed by atoms with Crippen molar-refractivity contribution >= 4 is 62.8 Å². The van der Waals surface area contributed by atoms with Crippen molar-refractivity contribution in [3.63, 3.8) is 0 Å². The predicted molar refractivity (Wildman–Crippen MR) is 150 cm³/mol. The van der Waals surface area contributed by atoms with Crippen LogP contribution in [0.2, 0.25) is 10.0 Å². The van der Waals surface area contributed by atoms with E-state index in [4.69, 9.17) is 28.9 Å². The van der Waals surface area contributed by atoms with Gasteiger partial charge in [0.25, 0.3) is 0 Å². The molecule has 0 aliphatic carbocycles. The molecule has 0 aliphatic heterocycles. The number of hydrogen-bond acceptors (Lipinski definition) is 6. The molecule has 0 spiro atoms. The molecule has 0 radical (unpaired) electrons. The SMILES string of the molecule is NC(=Nc1ccc(-c2ccccc2)nn1)Nc1ccccc1Nc1nc(-c2ccc(Cl)cc2Cl)cs1. The third-order valence-corrected chi connectivity index (χ3v) is 6.40. The third kappa shape index (κ3) is 5.63. The molecule has 10 heteroatoms. The van der Waals surface area contributed by atoms with Crippen LogP contribution in [0.3, 0.4) is 0 Å². The van der Waals surface area contributed by atoms with Gasteiger partial charge in [-0.05, 0) is 42.5 Å². The number of hydrogen-bond donors (Lipinski definition) is 3. The van der Waals surface area contributed by atoms with Gasteiger partial charge in [-0.2, -0.15) is 4.99 Å². The van der Waals surface area contributed by atoms with Crippen LogP contribution in [0, 0.1) is 0 Å². The van der Waals surface area contributed by atoms with Gasteiger partial charge in [0.1, 0.15) is 0 Å². The van der Waals surface area contributed by atoms with E-state index in [0.29, 0.717) is 21.0 Å². The van der Waals surface area contributed by atoms with Gasteiger partial charge in [0, 0.05) is 21.5 Å². The van der Waals surface area contributed by atoms with E-state index in [1.807, 2.05) is 72.1 Å². The van der Waals surface area contributed by atoms with Crippen molar-refractivity contribution in [2.45, 2.75) is 0 Å². The quantitative estimate of drug-likeness (QED) is 0.156. The van der Waals surface area contributed by atoms with Gasteiger partial charge in [0.05, 0.1) is 27.8 Å². The Hall–Kier alpha value is -3.98. The van der Waals surface area contributed by atoms with E-state index >= 15 is 0 Å². The molecule has 0 amide bonds. The molecule has 0 unspecified atom stereocenters. The summed E-state index contributed by atoms with van der Waals surface area (Å²) in [7, 11) is 0. The second-order valence-corrected chi connectivity index (χ2v) is 9.30. The van der Waals surface area contributed by atoms with Crippen LogP contribution in [0.5, 0.6) is 0 Å². The predicted octanol–water partition coefficient (Wildman–Crippen LogP) is 7.38. The Morgan fingerprint density at radius 2 is 1.61 bits per heavy atom. The maximum atomic E-state index is 6.34. The van der Waals surface area contributed by atoms with Gasteiger partial charge in [0.15, 0.2) is 16.9 Å². The van der Waals surface area contributed by atoms with Crippen molar-refractivity contribution < 1.29 is 0 Å². The number of aromatic nitrogens is 3. The number of aliphatic imine (C=N–C) groups is 1. The summed E-state index contributed by atoms with van der Waals surface area (Å²) in [5, 5.41) is 18.6. The zero-order valence-electron chi connectivity index (χ0n) is 18.7. The average molecular weight is 532 g/mol. The molecular formula is C26H19Cl2N7S. The van der Waals surface area contributed by atoms with Gasteiger partial charge in [-0.3, -0.25) is 0 Å². The molecule has 4 N–H and O–H groups in total. The first-order valence-electron chi connectivity index (χ1n) is 10.8. The first-order chi connectivity index (χ1) is 17.5. The number of guanidine groups is 1. The second kappa shape index (κ2) is 10.7. The van der Waals surface area contributed by atoms with E-state index in [-0.39, 0.29) is 5.96 Å². The summed E-state index contributed by atoms with van der Waals surface area (Å²) in [4.78, 5) is 9.00. The zero-order valence-corrected chi connectivity index (χ0v) is 21.0. The van der Waals surface area contributed by atoms with Gasteiger partial charge in [-0.1, -0.05) is 65.7 Å². The maximum absolute atomic E-state index is 6.34. The largest absolute Gasteiger partial charge is 0.369 e. The fourth-order valence-corrected chi connectivity index (χ4v) is 4.63. The number of nitrogens with zero attached hydrogens (tertiary/aromatic N) is 4. The van der Waals surface area contributed by atoms with E-state index in [0.717, 1.165) is 33.9 Å². The van der Waals surface area contributed by atoms with Crippen LogP contribution in [-0.4, -0.2) is 21.1 Å². The fourth-order valence-electron chi connectivity index (χ4n) is 3.41. The number of anilines is 3. The Morgan fingerprint density at radius 3 is 2.36 bits per heavy atom. The smallest absolute Gasteiger partial charge is 0.199 e. The number of nitrogens with two attached hydrogens (primary N) is 1. The average Bonchev–Trinajstić information content (AvgIpc) is 3.34. The van der Waals surface area contributed by atoms with Crippen molar-refractivity contribution in [2.24, 2.45) is 10.7 Å². The lowest BCUT2D eigenvalue weighted by atomic mass is 10.1. The second-order valence-electron chi connectivity index (χ2n) is 7.60. The summed E-state index contributed by atoms with van der Waals surface area (Å²) < 4.78 is 0. The first kappa shape index (κ1) is 23.7. The number of benzene rings is 3. The van der Waals surface area contributed by atoms with Crippen LogP contribution in [0.4, 0.5) is 22.3 Å². The molecule has 0 atom stereocenters.